The van der Waals surface area contributed by atoms with E-state index in [9.17, 15) is 0 Å². The van der Waals surface area contributed by atoms with Crippen LogP contribution < -0.4 is 0 Å². The molecule has 2 heteroatoms. The van der Waals surface area contributed by atoms with Crippen molar-refractivity contribution in [3.05, 3.63) is 0 Å². The summed E-state index contributed by atoms with van der Waals surface area (Å²) in [4.78, 5) is 2.38. The quantitative estimate of drug-likeness (QED) is 0.473. The fraction of sp³-hybridized carbons (Fsp3) is 1.00. The van der Waals surface area contributed by atoms with Crippen molar-refractivity contribution in [3.8, 4) is 0 Å². The lowest BCUT2D eigenvalue weighted by atomic mass is 10.2. The van der Waals surface area contributed by atoms with Crippen molar-refractivity contribution in [2.75, 3.05) is 25.5 Å². The Morgan fingerprint density at radius 2 is 1.82 bits per heavy atom. The first kappa shape index (κ1) is 11.4. The van der Waals surface area contributed by atoms with Gasteiger partial charge in [-0.05, 0) is 20.0 Å². The van der Waals surface area contributed by atoms with Crippen LogP contribution in [0.5, 0.6) is 0 Å². The average Bonchev–Trinajstić information content (AvgIpc) is 1.99. The van der Waals surface area contributed by atoms with Crippen molar-refractivity contribution < 1.29 is 0 Å². The molecule has 0 aromatic carbocycles. The molecule has 0 heterocycles. The van der Waals surface area contributed by atoms with Gasteiger partial charge in [0.05, 0.1) is 0 Å². The van der Waals surface area contributed by atoms with Gasteiger partial charge >= 0.3 is 0 Å². The van der Waals surface area contributed by atoms with Gasteiger partial charge in [0.1, 0.15) is 0 Å². The molecule has 0 saturated heterocycles. The molecule has 0 fully saturated rings. The Morgan fingerprint density at radius 3 is 2.36 bits per heavy atom. The van der Waals surface area contributed by atoms with E-state index in [1.165, 1.54) is 38.8 Å². The summed E-state index contributed by atoms with van der Waals surface area (Å²) in [6.07, 6.45) is 5.48. The number of alkyl halides is 1. The molecule has 0 saturated carbocycles. The Labute approximate surface area is 79.3 Å². The lowest BCUT2D eigenvalue weighted by molar-refractivity contribution is 0.345. The van der Waals surface area contributed by atoms with Crippen molar-refractivity contribution in [1.29, 1.82) is 0 Å². The van der Waals surface area contributed by atoms with Gasteiger partial charge in [-0.2, -0.15) is 0 Å². The zero-order chi connectivity index (χ0) is 8.53. The van der Waals surface area contributed by atoms with E-state index in [2.05, 4.69) is 34.8 Å². The molecule has 0 N–H and O–H groups in total. The first-order valence-corrected chi connectivity index (χ1v) is 5.68. The fourth-order valence-electron chi connectivity index (χ4n) is 1.06. The predicted molar refractivity (Wildman–Crippen MR) is 55.4 cm³/mol. The van der Waals surface area contributed by atoms with Crippen LogP contribution in [-0.4, -0.2) is 30.4 Å². The SMILES string of the molecule is CCCCCCN(C)CCBr. The maximum absolute atomic E-state index is 3.43. The van der Waals surface area contributed by atoms with Crippen molar-refractivity contribution in [2.45, 2.75) is 32.6 Å². The minimum atomic E-state index is 1.09. The summed E-state index contributed by atoms with van der Waals surface area (Å²) in [6, 6.07) is 0. The molecule has 0 aromatic heterocycles. The van der Waals surface area contributed by atoms with Crippen LogP contribution in [-0.2, 0) is 0 Å². The van der Waals surface area contributed by atoms with Crippen LogP contribution in [0.25, 0.3) is 0 Å². The predicted octanol–water partition coefficient (Wildman–Crippen LogP) is 2.89. The fourth-order valence-corrected chi connectivity index (χ4v) is 1.67. The van der Waals surface area contributed by atoms with E-state index in [0.29, 0.717) is 0 Å². The molecular formula is C9H20BrN. The third kappa shape index (κ3) is 8.35. The number of unbranched alkanes of at least 4 members (excludes halogenated alkanes) is 3. The Bertz CT molecular complexity index is 76.0. The highest BCUT2D eigenvalue weighted by atomic mass is 79.9. The third-order valence-electron chi connectivity index (χ3n) is 1.86. The lowest BCUT2D eigenvalue weighted by Gasteiger charge is -2.13. The highest BCUT2D eigenvalue weighted by Crippen LogP contribution is 2.00. The maximum atomic E-state index is 3.43. The van der Waals surface area contributed by atoms with Crippen LogP contribution in [0.2, 0.25) is 0 Å². The van der Waals surface area contributed by atoms with Gasteiger partial charge in [-0.15, -0.1) is 0 Å². The van der Waals surface area contributed by atoms with Gasteiger partial charge in [0.2, 0.25) is 0 Å². The largest absolute Gasteiger partial charge is 0.306 e. The van der Waals surface area contributed by atoms with E-state index in [-0.39, 0.29) is 0 Å². The van der Waals surface area contributed by atoms with E-state index in [1.54, 1.807) is 0 Å². The molecule has 0 atom stereocenters. The molecule has 0 aromatic rings. The summed E-state index contributed by atoms with van der Waals surface area (Å²) in [5.74, 6) is 0. The van der Waals surface area contributed by atoms with E-state index < -0.39 is 0 Å². The molecule has 0 rings (SSSR count). The minimum absolute atomic E-state index is 1.09. The van der Waals surface area contributed by atoms with Gasteiger partial charge in [-0.25, -0.2) is 0 Å². The highest BCUT2D eigenvalue weighted by Gasteiger charge is 1.95. The number of rotatable bonds is 7. The first-order valence-electron chi connectivity index (χ1n) is 4.55. The Balaban J connectivity index is 2.97. The number of nitrogens with zero attached hydrogens (tertiary/aromatic N) is 1. The molecule has 0 unspecified atom stereocenters. The van der Waals surface area contributed by atoms with Crippen LogP contribution in [0.15, 0.2) is 0 Å². The van der Waals surface area contributed by atoms with Crippen molar-refractivity contribution in [3.63, 3.8) is 0 Å². The van der Waals surface area contributed by atoms with E-state index >= 15 is 0 Å². The van der Waals surface area contributed by atoms with Crippen LogP contribution in [0.1, 0.15) is 32.6 Å². The maximum Gasteiger partial charge on any atom is 0.0159 e. The van der Waals surface area contributed by atoms with Crippen LogP contribution in [0, 0.1) is 0 Å². The summed E-state index contributed by atoms with van der Waals surface area (Å²) in [6.45, 7) is 4.68. The van der Waals surface area contributed by atoms with Gasteiger partial charge in [-0.1, -0.05) is 42.1 Å². The molecule has 1 nitrogen and oxygen atoms in total. The van der Waals surface area contributed by atoms with E-state index in [4.69, 9.17) is 0 Å². The summed E-state index contributed by atoms with van der Waals surface area (Å²) >= 11 is 3.43. The van der Waals surface area contributed by atoms with Gasteiger partial charge < -0.3 is 4.90 Å². The molecule has 0 aliphatic rings. The molecular weight excluding hydrogens is 202 g/mol. The number of halogens is 1. The molecule has 68 valence electrons. The van der Waals surface area contributed by atoms with Gasteiger partial charge in [0.15, 0.2) is 0 Å². The van der Waals surface area contributed by atoms with Crippen LogP contribution >= 0.6 is 15.9 Å². The second-order valence-corrected chi connectivity index (χ2v) is 3.85. The van der Waals surface area contributed by atoms with Crippen LogP contribution in [0.3, 0.4) is 0 Å². The zero-order valence-electron chi connectivity index (χ0n) is 7.77. The molecule has 0 amide bonds. The van der Waals surface area contributed by atoms with Gasteiger partial charge in [-0.3, -0.25) is 0 Å². The van der Waals surface area contributed by atoms with Crippen molar-refractivity contribution in [1.82, 2.24) is 4.90 Å². The molecule has 0 spiro atoms. The summed E-state index contributed by atoms with van der Waals surface area (Å²) in [5.41, 5.74) is 0. The Kier molecular flexibility index (Phi) is 8.88. The van der Waals surface area contributed by atoms with Crippen molar-refractivity contribution >= 4 is 15.9 Å². The van der Waals surface area contributed by atoms with Crippen LogP contribution in [0.4, 0.5) is 0 Å². The van der Waals surface area contributed by atoms with E-state index in [0.717, 1.165) is 5.33 Å². The summed E-state index contributed by atoms with van der Waals surface area (Å²) in [7, 11) is 2.19. The third-order valence-corrected chi connectivity index (χ3v) is 2.21. The van der Waals surface area contributed by atoms with Gasteiger partial charge in [0, 0.05) is 11.9 Å². The van der Waals surface area contributed by atoms with Crippen molar-refractivity contribution in [2.24, 2.45) is 0 Å². The first-order chi connectivity index (χ1) is 5.31. The Hall–Kier alpha value is 0.440. The molecule has 11 heavy (non-hydrogen) atoms. The molecule has 0 aliphatic carbocycles. The van der Waals surface area contributed by atoms with E-state index in [1.807, 2.05) is 0 Å². The smallest absolute Gasteiger partial charge is 0.0159 e. The molecule has 0 bridgehead atoms. The topological polar surface area (TPSA) is 3.24 Å². The monoisotopic (exact) mass is 221 g/mol. The second kappa shape index (κ2) is 8.54. The average molecular weight is 222 g/mol. The number of hydrogen-bond acceptors (Lipinski definition) is 1. The minimum Gasteiger partial charge on any atom is -0.306 e. The lowest BCUT2D eigenvalue weighted by Crippen LogP contribution is -2.21. The molecule has 0 radical (unpaired) electrons. The second-order valence-electron chi connectivity index (χ2n) is 3.05. The molecule has 0 aliphatic heterocycles. The standard InChI is InChI=1S/C9H20BrN/c1-3-4-5-6-8-11(2)9-7-10/h3-9H2,1-2H3. The normalized spacial score (nSPS) is 10.9. The number of hydrogen-bond donors (Lipinski definition) is 0. The zero-order valence-corrected chi connectivity index (χ0v) is 9.36. The van der Waals surface area contributed by atoms with Gasteiger partial charge in [0.25, 0.3) is 0 Å². The highest BCUT2D eigenvalue weighted by molar-refractivity contribution is 9.09. The Morgan fingerprint density at radius 1 is 1.09 bits per heavy atom. The summed E-state index contributed by atoms with van der Waals surface area (Å²) in [5, 5.41) is 1.09. The summed E-state index contributed by atoms with van der Waals surface area (Å²) < 4.78 is 0.